The van der Waals surface area contributed by atoms with E-state index in [2.05, 4.69) is 5.32 Å². The van der Waals surface area contributed by atoms with Crippen molar-refractivity contribution in [1.82, 2.24) is 5.32 Å². The average Bonchev–Trinajstić information content (AvgIpc) is 3.02. The fourth-order valence-corrected chi connectivity index (χ4v) is 3.75. The fourth-order valence-electron chi connectivity index (χ4n) is 2.61. The third-order valence-corrected chi connectivity index (χ3v) is 4.99. The number of fused-ring (bicyclic) bond motifs is 1. The second-order valence-corrected chi connectivity index (χ2v) is 6.19. The molecule has 1 unspecified atom stereocenters. The van der Waals surface area contributed by atoms with Crippen molar-refractivity contribution >= 4 is 23.2 Å². The zero-order chi connectivity index (χ0) is 13.5. The molecule has 0 aromatic carbocycles. The molecule has 0 bridgehead atoms. The number of hydrogen-bond acceptors (Lipinski definition) is 4. The first-order valence-electron chi connectivity index (χ1n) is 6.36. The van der Waals surface area contributed by atoms with Crippen LogP contribution in [0.2, 0.25) is 0 Å². The third kappa shape index (κ3) is 2.15. The number of aliphatic carboxylic acids is 1. The summed E-state index contributed by atoms with van der Waals surface area (Å²) in [6.45, 7) is 0.409. The Bertz CT molecular complexity index is 509. The van der Waals surface area contributed by atoms with E-state index in [-0.39, 0.29) is 12.5 Å². The first kappa shape index (κ1) is 12.6. The van der Waals surface area contributed by atoms with Crippen LogP contribution in [0.3, 0.4) is 0 Å². The lowest BCUT2D eigenvalue weighted by Gasteiger charge is -2.23. The standard InChI is InChI=1S/C13H15NO4S/c15-11(10-6-8-2-1-3-9(8)19-10)14-13(12(16)17)4-5-18-7-13/h6H,1-5,7H2,(H,14,15)(H,16,17). The van der Waals surface area contributed by atoms with Gasteiger partial charge >= 0.3 is 5.97 Å². The van der Waals surface area contributed by atoms with Gasteiger partial charge in [0.15, 0.2) is 5.54 Å². The van der Waals surface area contributed by atoms with E-state index in [0.717, 1.165) is 19.3 Å². The van der Waals surface area contributed by atoms with Gasteiger partial charge in [-0.2, -0.15) is 0 Å². The van der Waals surface area contributed by atoms with Gasteiger partial charge in [0, 0.05) is 17.9 Å². The quantitative estimate of drug-likeness (QED) is 0.873. The SMILES string of the molecule is O=C(NC1(C(=O)O)CCOC1)c1cc2c(s1)CCC2. The summed E-state index contributed by atoms with van der Waals surface area (Å²) in [6, 6.07) is 1.90. The van der Waals surface area contributed by atoms with Gasteiger partial charge in [0.25, 0.3) is 5.91 Å². The topological polar surface area (TPSA) is 75.6 Å². The Morgan fingerprint density at radius 1 is 1.42 bits per heavy atom. The van der Waals surface area contributed by atoms with Crippen molar-refractivity contribution in [2.75, 3.05) is 13.2 Å². The van der Waals surface area contributed by atoms with Crippen molar-refractivity contribution in [3.8, 4) is 0 Å². The maximum atomic E-state index is 12.2. The van der Waals surface area contributed by atoms with Gasteiger partial charge in [-0.25, -0.2) is 4.79 Å². The molecule has 5 nitrogen and oxygen atoms in total. The molecule has 3 rings (SSSR count). The summed E-state index contributed by atoms with van der Waals surface area (Å²) in [7, 11) is 0. The normalized spacial score (nSPS) is 25.3. The van der Waals surface area contributed by atoms with E-state index in [4.69, 9.17) is 4.74 Å². The van der Waals surface area contributed by atoms with Crippen molar-refractivity contribution < 1.29 is 19.4 Å². The summed E-state index contributed by atoms with van der Waals surface area (Å²) in [6.07, 6.45) is 3.52. The van der Waals surface area contributed by atoms with Crippen LogP contribution in [-0.2, 0) is 22.4 Å². The van der Waals surface area contributed by atoms with E-state index < -0.39 is 11.5 Å². The Morgan fingerprint density at radius 3 is 2.89 bits per heavy atom. The number of rotatable bonds is 3. The number of amides is 1. The van der Waals surface area contributed by atoms with Gasteiger partial charge in [0.1, 0.15) is 0 Å². The fraction of sp³-hybridized carbons (Fsp3) is 0.538. The smallest absolute Gasteiger partial charge is 0.331 e. The summed E-state index contributed by atoms with van der Waals surface area (Å²) in [5, 5.41) is 11.9. The number of aryl methyl sites for hydroxylation is 2. The molecule has 1 saturated heterocycles. The van der Waals surface area contributed by atoms with Crippen LogP contribution in [-0.4, -0.2) is 35.7 Å². The molecule has 1 amide bonds. The lowest BCUT2D eigenvalue weighted by atomic mass is 9.99. The van der Waals surface area contributed by atoms with Gasteiger partial charge in [0.05, 0.1) is 11.5 Å². The number of carbonyl (C=O) groups is 2. The number of nitrogens with one attached hydrogen (secondary N) is 1. The number of carbonyl (C=O) groups excluding carboxylic acids is 1. The Balaban J connectivity index is 1.78. The first-order valence-corrected chi connectivity index (χ1v) is 7.18. The molecule has 2 N–H and O–H groups in total. The molecule has 0 saturated carbocycles. The molecule has 1 aromatic heterocycles. The zero-order valence-electron chi connectivity index (χ0n) is 10.4. The summed E-state index contributed by atoms with van der Waals surface area (Å²) >= 11 is 1.48. The number of thiophene rings is 1. The van der Waals surface area contributed by atoms with E-state index in [0.29, 0.717) is 17.9 Å². The molecule has 19 heavy (non-hydrogen) atoms. The molecule has 102 valence electrons. The molecule has 0 spiro atoms. The summed E-state index contributed by atoms with van der Waals surface area (Å²) in [5.41, 5.74) is -0.0203. The van der Waals surface area contributed by atoms with Crippen LogP contribution in [0.1, 0.15) is 33.0 Å². The van der Waals surface area contributed by atoms with Gasteiger partial charge in [-0.1, -0.05) is 0 Å². The highest BCUT2D eigenvalue weighted by molar-refractivity contribution is 7.14. The Hall–Kier alpha value is -1.40. The van der Waals surface area contributed by atoms with E-state index in [1.807, 2.05) is 6.07 Å². The number of carboxylic acid groups (broad SMARTS) is 1. The van der Waals surface area contributed by atoms with Crippen LogP contribution in [0.15, 0.2) is 6.07 Å². The van der Waals surface area contributed by atoms with Crippen molar-refractivity contribution in [2.24, 2.45) is 0 Å². The van der Waals surface area contributed by atoms with Crippen LogP contribution in [0.5, 0.6) is 0 Å². The van der Waals surface area contributed by atoms with Gasteiger partial charge in [-0.05, 0) is 30.9 Å². The van der Waals surface area contributed by atoms with Crippen molar-refractivity contribution in [2.45, 2.75) is 31.2 Å². The minimum absolute atomic E-state index is 0.0408. The van der Waals surface area contributed by atoms with Crippen LogP contribution in [0.25, 0.3) is 0 Å². The minimum atomic E-state index is -1.26. The van der Waals surface area contributed by atoms with E-state index >= 15 is 0 Å². The first-order chi connectivity index (χ1) is 9.11. The second-order valence-electron chi connectivity index (χ2n) is 5.06. The van der Waals surface area contributed by atoms with Crippen molar-refractivity contribution in [1.29, 1.82) is 0 Å². The van der Waals surface area contributed by atoms with Crippen LogP contribution < -0.4 is 5.32 Å². The highest BCUT2D eigenvalue weighted by atomic mass is 32.1. The van der Waals surface area contributed by atoms with Gasteiger partial charge in [0.2, 0.25) is 0 Å². The van der Waals surface area contributed by atoms with E-state index in [1.165, 1.54) is 21.8 Å². The molecule has 1 atom stereocenters. The molecule has 1 aromatic rings. The lowest BCUT2D eigenvalue weighted by molar-refractivity contribution is -0.144. The van der Waals surface area contributed by atoms with E-state index in [9.17, 15) is 14.7 Å². The van der Waals surface area contributed by atoms with Crippen LogP contribution in [0, 0.1) is 0 Å². The summed E-state index contributed by atoms with van der Waals surface area (Å²) in [4.78, 5) is 25.4. The van der Waals surface area contributed by atoms with Crippen LogP contribution in [0.4, 0.5) is 0 Å². The number of hydrogen-bond donors (Lipinski definition) is 2. The van der Waals surface area contributed by atoms with Crippen LogP contribution >= 0.6 is 11.3 Å². The molecule has 1 aliphatic carbocycles. The Morgan fingerprint density at radius 2 is 2.26 bits per heavy atom. The highest BCUT2D eigenvalue weighted by Gasteiger charge is 2.44. The molecular formula is C13H15NO4S. The number of ether oxygens (including phenoxy) is 1. The van der Waals surface area contributed by atoms with E-state index in [1.54, 1.807) is 0 Å². The monoisotopic (exact) mass is 281 g/mol. The molecule has 6 heteroatoms. The molecular weight excluding hydrogens is 266 g/mol. The van der Waals surface area contributed by atoms with Gasteiger partial charge < -0.3 is 15.2 Å². The van der Waals surface area contributed by atoms with Gasteiger partial charge in [-0.15, -0.1) is 11.3 Å². The van der Waals surface area contributed by atoms with Crippen molar-refractivity contribution in [3.63, 3.8) is 0 Å². The highest BCUT2D eigenvalue weighted by Crippen LogP contribution is 2.31. The second kappa shape index (κ2) is 4.61. The Labute approximate surface area is 114 Å². The Kier molecular flexibility index (Phi) is 3.06. The predicted molar refractivity (Wildman–Crippen MR) is 69.6 cm³/mol. The summed E-state index contributed by atoms with van der Waals surface area (Å²) in [5.74, 6) is -1.32. The predicted octanol–water partition coefficient (Wildman–Crippen LogP) is 1.21. The lowest BCUT2D eigenvalue weighted by Crippen LogP contribution is -2.55. The third-order valence-electron chi connectivity index (χ3n) is 3.75. The average molecular weight is 281 g/mol. The molecule has 0 radical (unpaired) electrons. The van der Waals surface area contributed by atoms with Gasteiger partial charge in [-0.3, -0.25) is 4.79 Å². The molecule has 1 aliphatic heterocycles. The largest absolute Gasteiger partial charge is 0.479 e. The maximum absolute atomic E-state index is 12.2. The molecule has 1 fully saturated rings. The summed E-state index contributed by atoms with van der Waals surface area (Å²) < 4.78 is 5.13. The molecule has 2 heterocycles. The molecule has 2 aliphatic rings. The number of carboxylic acids is 1. The maximum Gasteiger partial charge on any atom is 0.331 e. The van der Waals surface area contributed by atoms with Crippen molar-refractivity contribution in [3.05, 3.63) is 21.4 Å². The zero-order valence-corrected chi connectivity index (χ0v) is 11.2. The minimum Gasteiger partial charge on any atom is -0.479 e.